The summed E-state index contributed by atoms with van der Waals surface area (Å²) in [5.74, 6) is -0.878. The first kappa shape index (κ1) is 27.5. The minimum Gasteiger partial charge on any atom is -0.355 e. The topological polar surface area (TPSA) is 86.8 Å². The van der Waals surface area contributed by atoms with Gasteiger partial charge in [-0.05, 0) is 67.9 Å². The number of rotatable bonds is 10. The van der Waals surface area contributed by atoms with Gasteiger partial charge in [0, 0.05) is 23.1 Å². The van der Waals surface area contributed by atoms with E-state index in [2.05, 4.69) is 5.32 Å². The lowest BCUT2D eigenvalue weighted by Crippen LogP contribution is -2.51. The molecule has 0 bridgehead atoms. The molecule has 0 aliphatic heterocycles. The zero-order valence-corrected chi connectivity index (χ0v) is 22.2. The molecule has 10 heteroatoms. The quantitative estimate of drug-likeness (QED) is 0.397. The Labute approximate surface area is 221 Å². The SMILES string of the molecule is CCNC(=O)C(C)N(Cc1ccc(Cl)cc1)C(=O)CN(c1ccccc1)S(=O)(=O)c1ccc(Cl)cc1. The van der Waals surface area contributed by atoms with E-state index in [0.717, 1.165) is 9.87 Å². The molecule has 190 valence electrons. The van der Waals surface area contributed by atoms with Crippen molar-refractivity contribution < 1.29 is 18.0 Å². The monoisotopic (exact) mass is 547 g/mol. The number of likely N-dealkylation sites (N-methyl/N-ethyl adjacent to an activating group) is 1. The third-order valence-corrected chi connectivity index (χ3v) is 7.80. The van der Waals surface area contributed by atoms with Gasteiger partial charge in [0.1, 0.15) is 12.6 Å². The predicted octanol–water partition coefficient (Wildman–Crippen LogP) is 4.74. The average molecular weight is 548 g/mol. The Morgan fingerprint density at radius 2 is 1.44 bits per heavy atom. The first-order valence-corrected chi connectivity index (χ1v) is 13.5. The number of para-hydroxylation sites is 1. The van der Waals surface area contributed by atoms with Crippen LogP contribution in [0, 0.1) is 0 Å². The maximum atomic E-state index is 13.7. The molecule has 2 amide bonds. The summed E-state index contributed by atoms with van der Waals surface area (Å²) in [5, 5.41) is 3.65. The van der Waals surface area contributed by atoms with Gasteiger partial charge in [0.2, 0.25) is 11.8 Å². The summed E-state index contributed by atoms with van der Waals surface area (Å²) in [6.07, 6.45) is 0. The van der Waals surface area contributed by atoms with Crippen molar-refractivity contribution in [2.75, 3.05) is 17.4 Å². The van der Waals surface area contributed by atoms with Gasteiger partial charge in [-0.1, -0.05) is 53.5 Å². The number of halogens is 2. The fraction of sp³-hybridized carbons (Fsp3) is 0.231. The fourth-order valence-corrected chi connectivity index (χ4v) is 5.21. The Bertz CT molecular complexity index is 1290. The Balaban J connectivity index is 1.99. The number of nitrogens with one attached hydrogen (secondary N) is 1. The minimum atomic E-state index is -4.12. The zero-order chi connectivity index (χ0) is 26.3. The molecule has 3 aromatic carbocycles. The van der Waals surface area contributed by atoms with Crippen molar-refractivity contribution in [3.05, 3.63) is 94.5 Å². The smallest absolute Gasteiger partial charge is 0.264 e. The largest absolute Gasteiger partial charge is 0.355 e. The normalized spacial score (nSPS) is 12.0. The summed E-state index contributed by atoms with van der Waals surface area (Å²) in [6, 6.07) is 20.1. The van der Waals surface area contributed by atoms with Crippen molar-refractivity contribution in [3.63, 3.8) is 0 Å². The summed E-state index contributed by atoms with van der Waals surface area (Å²) in [4.78, 5) is 27.7. The molecule has 0 aliphatic carbocycles. The van der Waals surface area contributed by atoms with Crippen molar-refractivity contribution in [1.29, 1.82) is 0 Å². The minimum absolute atomic E-state index is 0.00965. The molecule has 3 rings (SSSR count). The molecule has 0 saturated heterocycles. The van der Waals surface area contributed by atoms with Crippen LogP contribution in [-0.2, 0) is 26.2 Å². The van der Waals surface area contributed by atoms with Crippen LogP contribution >= 0.6 is 23.2 Å². The Morgan fingerprint density at radius 1 is 0.889 bits per heavy atom. The van der Waals surface area contributed by atoms with E-state index in [1.807, 2.05) is 0 Å². The molecule has 1 atom stereocenters. The molecule has 0 fully saturated rings. The van der Waals surface area contributed by atoms with Crippen LogP contribution < -0.4 is 9.62 Å². The number of nitrogens with zero attached hydrogens (tertiary/aromatic N) is 2. The number of anilines is 1. The second-order valence-corrected chi connectivity index (χ2v) is 10.8. The fourth-order valence-electron chi connectivity index (χ4n) is 3.55. The van der Waals surface area contributed by atoms with E-state index in [9.17, 15) is 18.0 Å². The molecular weight excluding hydrogens is 521 g/mol. The number of hydrogen-bond acceptors (Lipinski definition) is 4. The Hall–Kier alpha value is -3.07. The lowest BCUT2D eigenvalue weighted by Gasteiger charge is -2.32. The van der Waals surface area contributed by atoms with Crippen LogP contribution in [0.2, 0.25) is 10.0 Å². The number of benzene rings is 3. The summed E-state index contributed by atoms with van der Waals surface area (Å²) >= 11 is 11.9. The summed E-state index contributed by atoms with van der Waals surface area (Å²) in [5.41, 5.74) is 1.06. The van der Waals surface area contributed by atoms with Gasteiger partial charge in [-0.15, -0.1) is 0 Å². The summed E-state index contributed by atoms with van der Waals surface area (Å²) < 4.78 is 28.3. The van der Waals surface area contributed by atoms with Crippen LogP contribution in [0.25, 0.3) is 0 Å². The molecule has 7 nitrogen and oxygen atoms in total. The van der Waals surface area contributed by atoms with E-state index in [0.29, 0.717) is 22.3 Å². The molecule has 0 radical (unpaired) electrons. The molecule has 0 aromatic heterocycles. The third kappa shape index (κ3) is 6.78. The van der Waals surface area contributed by atoms with Gasteiger partial charge in [0.15, 0.2) is 0 Å². The Morgan fingerprint density at radius 3 is 2.00 bits per heavy atom. The third-order valence-electron chi connectivity index (χ3n) is 5.51. The zero-order valence-electron chi connectivity index (χ0n) is 19.9. The molecule has 0 heterocycles. The van der Waals surface area contributed by atoms with Gasteiger partial charge in [0.25, 0.3) is 10.0 Å². The molecule has 36 heavy (non-hydrogen) atoms. The molecule has 0 aliphatic rings. The van der Waals surface area contributed by atoms with Crippen molar-refractivity contribution in [1.82, 2.24) is 10.2 Å². The second-order valence-electron chi connectivity index (χ2n) is 8.02. The number of hydrogen-bond donors (Lipinski definition) is 1. The van der Waals surface area contributed by atoms with Crippen LogP contribution in [-0.4, -0.2) is 44.3 Å². The van der Waals surface area contributed by atoms with Crippen LogP contribution in [0.4, 0.5) is 5.69 Å². The van der Waals surface area contributed by atoms with E-state index >= 15 is 0 Å². The molecule has 0 spiro atoms. The average Bonchev–Trinajstić information content (AvgIpc) is 2.87. The first-order chi connectivity index (χ1) is 17.1. The van der Waals surface area contributed by atoms with E-state index in [1.165, 1.54) is 29.2 Å². The molecule has 3 aromatic rings. The van der Waals surface area contributed by atoms with Crippen molar-refractivity contribution in [3.8, 4) is 0 Å². The maximum absolute atomic E-state index is 13.7. The van der Waals surface area contributed by atoms with Gasteiger partial charge in [-0.2, -0.15) is 0 Å². The van der Waals surface area contributed by atoms with Crippen molar-refractivity contribution in [2.45, 2.75) is 31.3 Å². The van der Waals surface area contributed by atoms with Crippen molar-refractivity contribution in [2.24, 2.45) is 0 Å². The lowest BCUT2D eigenvalue weighted by molar-refractivity contribution is -0.139. The number of sulfonamides is 1. The molecule has 1 unspecified atom stereocenters. The van der Waals surface area contributed by atoms with Gasteiger partial charge in [0.05, 0.1) is 10.6 Å². The predicted molar refractivity (Wildman–Crippen MR) is 143 cm³/mol. The number of carbonyl (C=O) groups is 2. The highest BCUT2D eigenvalue weighted by Crippen LogP contribution is 2.25. The highest BCUT2D eigenvalue weighted by Gasteiger charge is 2.32. The molecular formula is C26H27Cl2N3O4S. The highest BCUT2D eigenvalue weighted by atomic mass is 35.5. The van der Waals surface area contributed by atoms with Gasteiger partial charge >= 0.3 is 0 Å². The first-order valence-electron chi connectivity index (χ1n) is 11.3. The molecule has 1 N–H and O–H groups in total. The maximum Gasteiger partial charge on any atom is 0.264 e. The standard InChI is InChI=1S/C26H27Cl2N3O4S/c1-3-29-26(33)19(2)30(17-20-9-11-21(27)12-10-20)25(32)18-31(23-7-5-4-6-8-23)36(34,35)24-15-13-22(28)14-16-24/h4-16,19H,3,17-18H2,1-2H3,(H,29,33). The number of carbonyl (C=O) groups excluding carboxylic acids is 2. The van der Waals surface area contributed by atoms with E-state index < -0.39 is 28.5 Å². The van der Waals surface area contributed by atoms with Crippen LogP contribution in [0.5, 0.6) is 0 Å². The van der Waals surface area contributed by atoms with Crippen LogP contribution in [0.3, 0.4) is 0 Å². The summed E-state index contributed by atoms with van der Waals surface area (Å²) in [6.45, 7) is 3.38. The second kappa shape index (κ2) is 12.3. The van der Waals surface area contributed by atoms with Crippen LogP contribution in [0.15, 0.2) is 83.8 Å². The molecule has 0 saturated carbocycles. The summed E-state index contributed by atoms with van der Waals surface area (Å²) in [7, 11) is -4.12. The van der Waals surface area contributed by atoms with Gasteiger partial charge in [-0.3, -0.25) is 13.9 Å². The lowest BCUT2D eigenvalue weighted by atomic mass is 10.1. The highest BCUT2D eigenvalue weighted by molar-refractivity contribution is 7.92. The Kier molecular flexibility index (Phi) is 9.37. The van der Waals surface area contributed by atoms with E-state index in [-0.39, 0.29) is 17.3 Å². The number of amides is 2. The van der Waals surface area contributed by atoms with E-state index in [4.69, 9.17) is 23.2 Å². The van der Waals surface area contributed by atoms with Gasteiger partial charge < -0.3 is 10.2 Å². The van der Waals surface area contributed by atoms with Gasteiger partial charge in [-0.25, -0.2) is 8.42 Å². The van der Waals surface area contributed by atoms with Crippen LogP contribution in [0.1, 0.15) is 19.4 Å². The van der Waals surface area contributed by atoms with Crippen molar-refractivity contribution >= 4 is 50.7 Å². The van der Waals surface area contributed by atoms with E-state index in [1.54, 1.807) is 68.4 Å².